The summed E-state index contributed by atoms with van der Waals surface area (Å²) in [5, 5.41) is 0.435. The van der Waals surface area contributed by atoms with Gasteiger partial charge in [0.15, 0.2) is 5.60 Å². The third kappa shape index (κ3) is 10.4. The zero-order valence-corrected chi connectivity index (χ0v) is 38.0. The van der Waals surface area contributed by atoms with Gasteiger partial charge >= 0.3 is 12.1 Å². The van der Waals surface area contributed by atoms with Crippen LogP contribution in [0.25, 0.3) is 11.1 Å². The largest absolute Gasteiger partial charge is 0.448 e. The van der Waals surface area contributed by atoms with E-state index < -0.39 is 23.7 Å². The van der Waals surface area contributed by atoms with Crippen molar-refractivity contribution in [3.8, 4) is 11.1 Å². The van der Waals surface area contributed by atoms with Gasteiger partial charge in [-0.25, -0.2) is 4.79 Å². The van der Waals surface area contributed by atoms with Crippen LogP contribution in [0.4, 0.5) is 4.79 Å². The van der Waals surface area contributed by atoms with Crippen LogP contribution in [0.15, 0.2) is 127 Å². The fourth-order valence-corrected chi connectivity index (χ4v) is 10.0. The molecule has 0 bridgehead atoms. The van der Waals surface area contributed by atoms with Crippen molar-refractivity contribution in [1.82, 2.24) is 9.80 Å². The van der Waals surface area contributed by atoms with Gasteiger partial charge in [-0.2, -0.15) is 0 Å². The highest BCUT2D eigenvalue weighted by Crippen LogP contribution is 2.46. The van der Waals surface area contributed by atoms with Crippen LogP contribution < -0.4 is 0 Å². The van der Waals surface area contributed by atoms with Crippen LogP contribution >= 0.6 is 11.6 Å². The van der Waals surface area contributed by atoms with Crippen molar-refractivity contribution >= 4 is 29.6 Å². The van der Waals surface area contributed by atoms with Crippen molar-refractivity contribution in [3.63, 3.8) is 0 Å². The van der Waals surface area contributed by atoms with Crippen LogP contribution in [-0.4, -0.2) is 60.6 Å². The Morgan fingerprint density at radius 3 is 1.95 bits per heavy atom. The third-order valence-electron chi connectivity index (χ3n) is 13.3. The predicted molar refractivity (Wildman–Crippen MR) is 253 cm³/mol. The second-order valence-electron chi connectivity index (χ2n) is 17.3. The van der Waals surface area contributed by atoms with Gasteiger partial charge in [-0.3, -0.25) is 14.5 Å². The number of benzene rings is 5. The summed E-state index contributed by atoms with van der Waals surface area (Å²) in [6.45, 7) is 5.69. The number of hydrogen-bond donors (Lipinski definition) is 0. The van der Waals surface area contributed by atoms with Gasteiger partial charge in [-0.05, 0) is 71.9 Å². The van der Waals surface area contributed by atoms with Crippen LogP contribution in [-0.2, 0) is 24.7 Å². The van der Waals surface area contributed by atoms with E-state index in [0.29, 0.717) is 35.2 Å². The molecule has 0 aromatic heterocycles. The van der Waals surface area contributed by atoms with E-state index >= 15 is 0 Å². The highest BCUT2D eigenvalue weighted by atomic mass is 35.5. The van der Waals surface area contributed by atoms with Crippen LogP contribution in [0.2, 0.25) is 5.02 Å². The highest BCUT2D eigenvalue weighted by molar-refractivity contribution is 6.31. The minimum atomic E-state index is -1.47. The van der Waals surface area contributed by atoms with E-state index in [1.807, 2.05) is 72.8 Å². The van der Waals surface area contributed by atoms with Gasteiger partial charge in [0.25, 0.3) is 0 Å². The molecule has 2 aliphatic rings. The average Bonchev–Trinajstić information content (AvgIpc) is 3.65. The SMILES string of the molecule is CCCCCCCCC(CC)c1ccc(C(OC(=O)CC(C(=O)N2CCCCC2)N(C)C(=O)OCC2c3ccccc3-c3ccccc32)(c2ccccc2)c2ccccc2Cl)cc1. The summed E-state index contributed by atoms with van der Waals surface area (Å²) in [7, 11) is 1.55. The van der Waals surface area contributed by atoms with E-state index in [-0.39, 0.29) is 24.9 Å². The molecule has 5 aromatic rings. The van der Waals surface area contributed by atoms with Gasteiger partial charge in [0.2, 0.25) is 5.91 Å². The Morgan fingerprint density at radius 1 is 0.714 bits per heavy atom. The number of halogens is 1. The molecule has 3 unspecified atom stereocenters. The maximum atomic E-state index is 14.9. The fraction of sp³-hybridized carbons (Fsp3) is 0.400. The van der Waals surface area contributed by atoms with Crippen molar-refractivity contribution in [2.24, 2.45) is 0 Å². The zero-order chi connectivity index (χ0) is 44.2. The number of fused-ring (bicyclic) bond motifs is 3. The lowest BCUT2D eigenvalue weighted by Gasteiger charge is -2.37. The molecule has 5 aromatic carbocycles. The monoisotopic (exact) mass is 866 g/mol. The van der Waals surface area contributed by atoms with Gasteiger partial charge in [-0.15, -0.1) is 0 Å². The molecule has 8 heteroatoms. The quantitative estimate of drug-likeness (QED) is 0.0469. The molecule has 0 N–H and O–H groups in total. The number of ether oxygens (including phenoxy) is 2. The second-order valence-corrected chi connectivity index (χ2v) is 17.7. The Kier molecular flexibility index (Phi) is 15.8. The minimum absolute atomic E-state index is 0.0870. The lowest BCUT2D eigenvalue weighted by Crippen LogP contribution is -2.52. The van der Waals surface area contributed by atoms with E-state index in [1.165, 1.54) is 49.0 Å². The average molecular weight is 868 g/mol. The number of carbonyl (C=O) groups is 3. The molecule has 0 saturated carbocycles. The molecule has 1 heterocycles. The van der Waals surface area contributed by atoms with E-state index in [1.54, 1.807) is 18.0 Å². The van der Waals surface area contributed by atoms with Gasteiger partial charge < -0.3 is 14.4 Å². The van der Waals surface area contributed by atoms with E-state index in [0.717, 1.165) is 59.9 Å². The molecule has 3 atom stereocenters. The summed E-state index contributed by atoms with van der Waals surface area (Å²) < 4.78 is 12.9. The lowest BCUT2D eigenvalue weighted by molar-refractivity contribution is -0.157. The summed E-state index contributed by atoms with van der Waals surface area (Å²) in [4.78, 5) is 46.6. The van der Waals surface area contributed by atoms with Crippen molar-refractivity contribution in [3.05, 3.63) is 166 Å². The number of piperidine rings is 1. The molecule has 7 rings (SSSR count). The molecule has 0 spiro atoms. The van der Waals surface area contributed by atoms with Crippen molar-refractivity contribution in [1.29, 1.82) is 0 Å². The van der Waals surface area contributed by atoms with Crippen molar-refractivity contribution in [2.45, 2.75) is 114 Å². The highest BCUT2D eigenvalue weighted by Gasteiger charge is 2.44. The third-order valence-corrected chi connectivity index (χ3v) is 13.6. The summed E-state index contributed by atoms with van der Waals surface area (Å²) in [5.41, 5.74) is 6.24. The van der Waals surface area contributed by atoms with Gasteiger partial charge in [0, 0.05) is 47.8 Å². The molecule has 1 saturated heterocycles. The van der Waals surface area contributed by atoms with E-state index in [9.17, 15) is 14.4 Å². The topological polar surface area (TPSA) is 76.2 Å². The van der Waals surface area contributed by atoms with Crippen LogP contribution in [0.3, 0.4) is 0 Å². The van der Waals surface area contributed by atoms with Crippen molar-refractivity contribution in [2.75, 3.05) is 26.7 Å². The molecule has 7 nitrogen and oxygen atoms in total. The van der Waals surface area contributed by atoms with Crippen LogP contribution in [0.5, 0.6) is 0 Å². The molecule has 330 valence electrons. The maximum Gasteiger partial charge on any atom is 0.410 e. The fourth-order valence-electron chi connectivity index (χ4n) is 9.75. The van der Waals surface area contributed by atoms with Gasteiger partial charge in [0.1, 0.15) is 12.6 Å². The molecular weight excluding hydrogens is 804 g/mol. The first kappa shape index (κ1) is 45.6. The number of hydrogen-bond acceptors (Lipinski definition) is 5. The standard InChI is InChI=1S/C55H63ClN2O5/c1-4-6-7-8-9-12-23-40(5-2)41-32-34-43(35-33-41)55(42-24-13-10-14-25-42,49-30-19-20-31-50(49)56)63-52(59)38-51(53(60)58-36-21-11-22-37-58)57(3)54(61)62-39-48-46-28-17-15-26-44(46)45-27-16-18-29-47(45)48/h10,13-20,24-35,40,48,51H,4-9,11-12,21-23,36-39H2,1-3H3. The predicted octanol–water partition coefficient (Wildman–Crippen LogP) is 13.1. The van der Waals surface area contributed by atoms with Crippen molar-refractivity contribution < 1.29 is 23.9 Å². The van der Waals surface area contributed by atoms with Crippen LogP contribution in [0, 0.1) is 0 Å². The van der Waals surface area contributed by atoms with Gasteiger partial charge in [-0.1, -0.05) is 185 Å². The number of carbonyl (C=O) groups excluding carboxylic acids is 3. The smallest absolute Gasteiger partial charge is 0.410 e. The number of likely N-dealkylation sites (N-methyl/N-ethyl adjacent to an activating group) is 1. The number of unbranched alkanes of at least 4 members (excludes halogenated alkanes) is 5. The first-order valence-corrected chi connectivity index (χ1v) is 23.6. The summed E-state index contributed by atoms with van der Waals surface area (Å²) in [6, 6.07) is 40.7. The number of nitrogens with zero attached hydrogens (tertiary/aromatic N) is 2. The molecule has 0 radical (unpaired) electrons. The Labute approximate surface area is 379 Å². The Morgan fingerprint density at radius 2 is 1.30 bits per heavy atom. The summed E-state index contributed by atoms with van der Waals surface area (Å²) in [6.07, 6.45) is 11.4. The Hall–Kier alpha value is -5.40. The normalized spacial score (nSPS) is 15.4. The number of rotatable bonds is 19. The van der Waals surface area contributed by atoms with Gasteiger partial charge in [0.05, 0.1) is 6.42 Å². The van der Waals surface area contributed by atoms with E-state index in [4.69, 9.17) is 21.1 Å². The zero-order valence-electron chi connectivity index (χ0n) is 37.3. The number of esters is 1. The Bertz CT molecular complexity index is 2240. The molecule has 1 aliphatic carbocycles. The number of amides is 2. The molecule has 1 aliphatic heterocycles. The summed E-state index contributed by atoms with van der Waals surface area (Å²) >= 11 is 7.08. The van der Waals surface area contributed by atoms with E-state index in [2.05, 4.69) is 62.4 Å². The molecular formula is C55H63ClN2O5. The second kappa shape index (κ2) is 21.8. The van der Waals surface area contributed by atoms with Crippen LogP contribution in [0.1, 0.15) is 136 Å². The molecule has 63 heavy (non-hydrogen) atoms. The first-order valence-electron chi connectivity index (χ1n) is 23.3. The summed E-state index contributed by atoms with van der Waals surface area (Å²) in [5.74, 6) is -0.695. The maximum absolute atomic E-state index is 14.9. The lowest BCUT2D eigenvalue weighted by atomic mass is 9.79. The molecule has 2 amide bonds. The number of likely N-dealkylation sites (tertiary alicyclic amines) is 1. The Balaban J connectivity index is 1.18. The minimum Gasteiger partial charge on any atom is -0.448 e. The molecule has 1 fully saturated rings. The first-order chi connectivity index (χ1) is 30.8.